The lowest BCUT2D eigenvalue weighted by Crippen LogP contribution is -2.27. The number of fused-ring (bicyclic) bond motifs is 1. The lowest BCUT2D eigenvalue weighted by atomic mass is 10.1. The van der Waals surface area contributed by atoms with Gasteiger partial charge in [-0.3, -0.25) is 4.79 Å². The van der Waals surface area contributed by atoms with Crippen molar-refractivity contribution in [2.75, 3.05) is 0 Å². The van der Waals surface area contributed by atoms with Gasteiger partial charge in [0.25, 0.3) is 5.91 Å². The predicted octanol–water partition coefficient (Wildman–Crippen LogP) is 2.21. The Labute approximate surface area is 119 Å². The van der Waals surface area contributed by atoms with E-state index in [1.165, 1.54) is 11.3 Å². The number of aromatic amines is 1. The van der Waals surface area contributed by atoms with Crippen LogP contribution in [0.3, 0.4) is 0 Å². The number of thiophene rings is 1. The van der Waals surface area contributed by atoms with Crippen LogP contribution in [0.5, 0.6) is 0 Å². The van der Waals surface area contributed by atoms with Gasteiger partial charge in [0.05, 0.1) is 10.9 Å². The Kier molecular flexibility index (Phi) is 3.19. The summed E-state index contributed by atoms with van der Waals surface area (Å²) in [5.74, 6) is 0.359. The number of benzene rings is 1. The van der Waals surface area contributed by atoms with Gasteiger partial charge in [0.2, 0.25) is 0 Å². The summed E-state index contributed by atoms with van der Waals surface area (Å²) < 4.78 is 1.11. The van der Waals surface area contributed by atoms with Crippen LogP contribution >= 0.6 is 11.3 Å². The molecule has 6 nitrogen and oxygen atoms in total. The molecule has 2 N–H and O–H groups in total. The van der Waals surface area contributed by atoms with E-state index in [-0.39, 0.29) is 11.9 Å². The molecule has 3 aromatic rings. The van der Waals surface area contributed by atoms with Crippen LogP contribution in [0.1, 0.15) is 34.0 Å². The number of tetrazole rings is 1. The summed E-state index contributed by atoms with van der Waals surface area (Å²) in [6, 6.07) is 7.71. The maximum Gasteiger partial charge on any atom is 0.262 e. The number of H-pyrrole nitrogens is 1. The molecule has 1 unspecified atom stereocenters. The van der Waals surface area contributed by atoms with Crippen LogP contribution in [0.15, 0.2) is 24.3 Å². The molecule has 2 heterocycles. The Morgan fingerprint density at radius 1 is 1.40 bits per heavy atom. The molecule has 2 aromatic heterocycles. The van der Waals surface area contributed by atoms with Gasteiger partial charge in [-0.25, -0.2) is 0 Å². The van der Waals surface area contributed by atoms with Crippen molar-refractivity contribution in [3.8, 4) is 0 Å². The number of amides is 1. The zero-order valence-electron chi connectivity index (χ0n) is 11.0. The van der Waals surface area contributed by atoms with Gasteiger partial charge >= 0.3 is 0 Å². The van der Waals surface area contributed by atoms with E-state index >= 15 is 0 Å². The number of nitrogens with zero attached hydrogens (tertiary/aromatic N) is 3. The molecule has 0 saturated heterocycles. The number of aromatic nitrogens is 4. The van der Waals surface area contributed by atoms with Crippen LogP contribution < -0.4 is 5.32 Å². The third kappa shape index (κ3) is 2.16. The highest BCUT2D eigenvalue weighted by molar-refractivity contribution is 7.21. The first kappa shape index (κ1) is 12.7. The van der Waals surface area contributed by atoms with Crippen molar-refractivity contribution in [3.05, 3.63) is 40.5 Å². The summed E-state index contributed by atoms with van der Waals surface area (Å²) in [5, 5.41) is 17.6. The number of carbonyl (C=O) groups is 1. The smallest absolute Gasteiger partial charge is 0.262 e. The molecule has 1 atom stereocenters. The van der Waals surface area contributed by atoms with Crippen molar-refractivity contribution >= 4 is 27.3 Å². The zero-order chi connectivity index (χ0) is 14.1. The fraction of sp³-hybridized carbons (Fsp3) is 0.231. The number of nitrogens with one attached hydrogen (secondary N) is 2. The molecule has 3 rings (SSSR count). The van der Waals surface area contributed by atoms with Gasteiger partial charge in [-0.2, -0.15) is 5.21 Å². The molecule has 20 heavy (non-hydrogen) atoms. The van der Waals surface area contributed by atoms with E-state index in [1.807, 2.05) is 38.1 Å². The first-order chi connectivity index (χ1) is 9.66. The molecule has 0 radical (unpaired) electrons. The number of carbonyl (C=O) groups excluding carboxylic acids is 1. The summed E-state index contributed by atoms with van der Waals surface area (Å²) in [5.41, 5.74) is 1.00. The summed E-state index contributed by atoms with van der Waals surface area (Å²) >= 11 is 1.49. The van der Waals surface area contributed by atoms with Crippen molar-refractivity contribution in [2.24, 2.45) is 0 Å². The van der Waals surface area contributed by atoms with Gasteiger partial charge in [-0.1, -0.05) is 23.4 Å². The molecule has 102 valence electrons. The molecule has 0 aliphatic carbocycles. The van der Waals surface area contributed by atoms with Crippen LogP contribution in [0.2, 0.25) is 0 Å². The predicted molar refractivity (Wildman–Crippen MR) is 76.6 cm³/mol. The lowest BCUT2D eigenvalue weighted by molar-refractivity contribution is 0.0942. The molecule has 0 spiro atoms. The van der Waals surface area contributed by atoms with Gasteiger partial charge in [-0.15, -0.1) is 21.5 Å². The molecular weight excluding hydrogens is 274 g/mol. The van der Waals surface area contributed by atoms with E-state index in [0.29, 0.717) is 5.82 Å². The Hall–Kier alpha value is -2.28. The number of rotatable bonds is 3. The van der Waals surface area contributed by atoms with Crippen molar-refractivity contribution < 1.29 is 4.79 Å². The van der Waals surface area contributed by atoms with Crippen molar-refractivity contribution in [1.29, 1.82) is 0 Å². The third-order valence-electron chi connectivity index (χ3n) is 3.15. The van der Waals surface area contributed by atoms with Crippen molar-refractivity contribution in [1.82, 2.24) is 25.9 Å². The summed E-state index contributed by atoms with van der Waals surface area (Å²) in [7, 11) is 0. The number of hydrogen-bond acceptors (Lipinski definition) is 5. The Morgan fingerprint density at radius 3 is 2.90 bits per heavy atom. The molecule has 0 aliphatic heterocycles. The number of hydrogen-bond donors (Lipinski definition) is 2. The molecule has 1 amide bonds. The van der Waals surface area contributed by atoms with Crippen LogP contribution in [0, 0.1) is 6.92 Å². The Balaban J connectivity index is 1.87. The fourth-order valence-electron chi connectivity index (χ4n) is 2.07. The van der Waals surface area contributed by atoms with E-state index in [2.05, 4.69) is 25.9 Å². The van der Waals surface area contributed by atoms with Crippen LogP contribution in [0.25, 0.3) is 10.1 Å². The second kappa shape index (κ2) is 5.01. The quantitative estimate of drug-likeness (QED) is 0.773. The topological polar surface area (TPSA) is 83.6 Å². The average molecular weight is 287 g/mol. The number of aryl methyl sites for hydroxylation is 1. The van der Waals surface area contributed by atoms with Gasteiger partial charge in [0, 0.05) is 4.70 Å². The first-order valence-electron chi connectivity index (χ1n) is 6.19. The minimum Gasteiger partial charge on any atom is -0.341 e. The summed E-state index contributed by atoms with van der Waals surface area (Å²) in [6.45, 7) is 3.79. The second-order valence-corrected chi connectivity index (χ2v) is 5.57. The minimum atomic E-state index is -0.286. The van der Waals surface area contributed by atoms with E-state index < -0.39 is 0 Å². The minimum absolute atomic E-state index is 0.110. The Morgan fingerprint density at radius 2 is 2.20 bits per heavy atom. The van der Waals surface area contributed by atoms with E-state index in [1.54, 1.807) is 0 Å². The standard InChI is InChI=1S/C13H13N5OS/c1-7-9-5-3-4-6-10(9)20-11(7)13(19)14-8(2)12-15-17-18-16-12/h3-6,8H,1-2H3,(H,14,19)(H,15,16,17,18). The van der Waals surface area contributed by atoms with E-state index in [0.717, 1.165) is 20.5 Å². The van der Waals surface area contributed by atoms with E-state index in [9.17, 15) is 4.79 Å². The lowest BCUT2D eigenvalue weighted by Gasteiger charge is -2.09. The average Bonchev–Trinajstić information content (AvgIpc) is 3.07. The van der Waals surface area contributed by atoms with Crippen molar-refractivity contribution in [3.63, 3.8) is 0 Å². The van der Waals surface area contributed by atoms with E-state index in [4.69, 9.17) is 0 Å². The van der Waals surface area contributed by atoms with Crippen molar-refractivity contribution in [2.45, 2.75) is 19.9 Å². The van der Waals surface area contributed by atoms with Gasteiger partial charge in [0.1, 0.15) is 0 Å². The summed E-state index contributed by atoms with van der Waals surface area (Å²) in [4.78, 5) is 13.1. The third-order valence-corrected chi connectivity index (χ3v) is 4.42. The zero-order valence-corrected chi connectivity index (χ0v) is 11.9. The highest BCUT2D eigenvalue weighted by atomic mass is 32.1. The molecule has 0 aliphatic rings. The molecule has 0 bridgehead atoms. The maximum absolute atomic E-state index is 12.4. The highest BCUT2D eigenvalue weighted by Crippen LogP contribution is 2.30. The first-order valence-corrected chi connectivity index (χ1v) is 7.01. The second-order valence-electron chi connectivity index (χ2n) is 4.52. The van der Waals surface area contributed by atoms with Crippen LogP contribution in [0.4, 0.5) is 0 Å². The molecule has 7 heteroatoms. The fourth-order valence-corrected chi connectivity index (χ4v) is 3.18. The Bertz CT molecular complexity index is 749. The molecule has 0 fully saturated rings. The largest absolute Gasteiger partial charge is 0.341 e. The van der Waals surface area contributed by atoms with Gasteiger partial charge in [0.15, 0.2) is 5.82 Å². The highest BCUT2D eigenvalue weighted by Gasteiger charge is 2.19. The molecule has 0 saturated carbocycles. The van der Waals surface area contributed by atoms with Gasteiger partial charge in [-0.05, 0) is 30.9 Å². The summed E-state index contributed by atoms with van der Waals surface area (Å²) in [6.07, 6.45) is 0. The molecule has 1 aromatic carbocycles. The molecular formula is C13H13N5OS. The normalized spacial score (nSPS) is 12.5. The van der Waals surface area contributed by atoms with Crippen LogP contribution in [-0.4, -0.2) is 26.5 Å². The maximum atomic E-state index is 12.4. The monoisotopic (exact) mass is 287 g/mol. The van der Waals surface area contributed by atoms with Gasteiger partial charge < -0.3 is 5.32 Å². The SMILES string of the molecule is Cc1c(C(=O)NC(C)c2nn[nH]n2)sc2ccccc12. The van der Waals surface area contributed by atoms with Crippen LogP contribution in [-0.2, 0) is 0 Å².